The molecule has 0 amide bonds. The van der Waals surface area contributed by atoms with Crippen LogP contribution in [0.5, 0.6) is 0 Å². The van der Waals surface area contributed by atoms with Gasteiger partial charge in [-0.3, -0.25) is 0 Å². The van der Waals surface area contributed by atoms with Gasteiger partial charge in [0.15, 0.2) is 0 Å². The molecule has 1 N–H and O–H groups in total. The lowest BCUT2D eigenvalue weighted by atomic mass is 9.87. The number of nitrogens with one attached hydrogen (secondary N) is 1. The largest absolute Gasteiger partial charge is 0.307 e. The van der Waals surface area contributed by atoms with Crippen molar-refractivity contribution in [3.8, 4) is 0 Å². The predicted octanol–water partition coefficient (Wildman–Crippen LogP) is 4.53. The Balaban J connectivity index is 1.94. The first-order chi connectivity index (χ1) is 8.56. The molecule has 1 aliphatic rings. The van der Waals surface area contributed by atoms with Crippen LogP contribution in [0.1, 0.15) is 62.3 Å². The van der Waals surface area contributed by atoms with Gasteiger partial charge in [-0.1, -0.05) is 25.1 Å². The van der Waals surface area contributed by atoms with E-state index in [0.717, 1.165) is 12.0 Å². The normalized spacial score (nSPS) is 26.0. The van der Waals surface area contributed by atoms with Crippen molar-refractivity contribution in [2.75, 3.05) is 0 Å². The van der Waals surface area contributed by atoms with Crippen molar-refractivity contribution in [1.82, 2.24) is 5.32 Å². The monoisotopic (exact) mass is 245 g/mol. The zero-order valence-corrected chi connectivity index (χ0v) is 12.3. The summed E-state index contributed by atoms with van der Waals surface area (Å²) in [5.41, 5.74) is 4.22. The van der Waals surface area contributed by atoms with Crippen LogP contribution in [0.4, 0.5) is 0 Å². The van der Waals surface area contributed by atoms with E-state index < -0.39 is 0 Å². The van der Waals surface area contributed by atoms with E-state index >= 15 is 0 Å². The fourth-order valence-corrected chi connectivity index (χ4v) is 2.91. The van der Waals surface area contributed by atoms with E-state index in [1.165, 1.54) is 42.4 Å². The van der Waals surface area contributed by atoms with Crippen molar-refractivity contribution in [2.45, 2.75) is 65.5 Å². The van der Waals surface area contributed by atoms with Gasteiger partial charge in [-0.15, -0.1) is 0 Å². The van der Waals surface area contributed by atoms with Gasteiger partial charge < -0.3 is 5.32 Å². The highest BCUT2D eigenvalue weighted by Crippen LogP contribution is 2.26. The molecular formula is C17H27N. The summed E-state index contributed by atoms with van der Waals surface area (Å²) in [4.78, 5) is 0. The third kappa shape index (κ3) is 3.35. The predicted molar refractivity (Wildman–Crippen MR) is 78.9 cm³/mol. The fraction of sp³-hybridized carbons (Fsp3) is 0.647. The minimum atomic E-state index is 0.475. The summed E-state index contributed by atoms with van der Waals surface area (Å²) in [5, 5.41) is 3.80. The van der Waals surface area contributed by atoms with E-state index in [1.54, 1.807) is 0 Å². The molecule has 0 spiro atoms. The lowest BCUT2D eigenvalue weighted by Gasteiger charge is -2.30. The Hall–Kier alpha value is -0.820. The van der Waals surface area contributed by atoms with Crippen molar-refractivity contribution in [2.24, 2.45) is 5.92 Å². The van der Waals surface area contributed by atoms with Crippen LogP contribution in [0, 0.1) is 19.8 Å². The Bertz CT molecular complexity index is 389. The van der Waals surface area contributed by atoms with Gasteiger partial charge in [-0.25, -0.2) is 0 Å². The number of rotatable bonds is 3. The van der Waals surface area contributed by atoms with Crippen molar-refractivity contribution in [3.63, 3.8) is 0 Å². The van der Waals surface area contributed by atoms with E-state index in [2.05, 4.69) is 51.2 Å². The first-order valence-corrected chi connectivity index (χ1v) is 7.39. The standard InChI is InChI=1S/C17H27N/c1-12-5-9-17(10-6-12)18-15(4)16-8-7-13(2)14(3)11-16/h7-8,11-12,15,17-18H,5-6,9-10H2,1-4H3. The third-order valence-corrected chi connectivity index (χ3v) is 4.53. The summed E-state index contributed by atoms with van der Waals surface area (Å²) >= 11 is 0. The Morgan fingerprint density at radius 1 is 1.06 bits per heavy atom. The van der Waals surface area contributed by atoms with Gasteiger partial charge >= 0.3 is 0 Å². The van der Waals surface area contributed by atoms with Crippen molar-refractivity contribution in [1.29, 1.82) is 0 Å². The van der Waals surface area contributed by atoms with Crippen LogP contribution in [0.25, 0.3) is 0 Å². The lowest BCUT2D eigenvalue weighted by molar-refractivity contribution is 0.291. The van der Waals surface area contributed by atoms with Gasteiger partial charge in [0.2, 0.25) is 0 Å². The van der Waals surface area contributed by atoms with Gasteiger partial charge in [-0.2, -0.15) is 0 Å². The summed E-state index contributed by atoms with van der Waals surface area (Å²) < 4.78 is 0. The second kappa shape index (κ2) is 5.88. The van der Waals surface area contributed by atoms with Gasteiger partial charge in [0, 0.05) is 12.1 Å². The summed E-state index contributed by atoms with van der Waals surface area (Å²) in [6, 6.07) is 8.04. The van der Waals surface area contributed by atoms with E-state index in [1.807, 2.05) is 0 Å². The molecule has 2 rings (SSSR count). The van der Waals surface area contributed by atoms with Gasteiger partial charge in [0.1, 0.15) is 0 Å². The minimum absolute atomic E-state index is 0.475. The summed E-state index contributed by atoms with van der Waals surface area (Å²) in [6.07, 6.45) is 5.46. The van der Waals surface area contributed by atoms with Gasteiger partial charge in [0.25, 0.3) is 0 Å². The number of benzene rings is 1. The zero-order valence-electron chi connectivity index (χ0n) is 12.3. The highest BCUT2D eigenvalue weighted by molar-refractivity contribution is 5.31. The van der Waals surface area contributed by atoms with E-state index in [0.29, 0.717) is 6.04 Å². The lowest BCUT2D eigenvalue weighted by Crippen LogP contribution is -2.34. The van der Waals surface area contributed by atoms with Crippen LogP contribution < -0.4 is 5.32 Å². The van der Waals surface area contributed by atoms with Crippen LogP contribution in [0.2, 0.25) is 0 Å². The molecule has 0 aromatic heterocycles. The second-order valence-electron chi connectivity index (χ2n) is 6.19. The highest BCUT2D eigenvalue weighted by Gasteiger charge is 2.19. The van der Waals surface area contributed by atoms with Gasteiger partial charge in [-0.05, 0) is 69.1 Å². The van der Waals surface area contributed by atoms with Crippen LogP contribution in [0.3, 0.4) is 0 Å². The average Bonchev–Trinajstić information content (AvgIpc) is 2.35. The maximum absolute atomic E-state index is 3.80. The molecule has 0 heterocycles. The third-order valence-electron chi connectivity index (χ3n) is 4.53. The van der Waals surface area contributed by atoms with Crippen LogP contribution >= 0.6 is 0 Å². The van der Waals surface area contributed by atoms with Crippen molar-refractivity contribution < 1.29 is 0 Å². The molecule has 1 unspecified atom stereocenters. The highest BCUT2D eigenvalue weighted by atomic mass is 14.9. The zero-order chi connectivity index (χ0) is 13.1. The van der Waals surface area contributed by atoms with Crippen LogP contribution in [-0.4, -0.2) is 6.04 Å². The number of hydrogen-bond acceptors (Lipinski definition) is 1. The summed E-state index contributed by atoms with van der Waals surface area (Å²) in [5.74, 6) is 0.931. The maximum atomic E-state index is 3.80. The molecule has 1 aromatic carbocycles. The molecule has 100 valence electrons. The van der Waals surface area contributed by atoms with E-state index in [-0.39, 0.29) is 0 Å². The SMILES string of the molecule is Cc1ccc(C(C)NC2CCC(C)CC2)cc1C. The minimum Gasteiger partial charge on any atom is -0.307 e. The van der Waals surface area contributed by atoms with E-state index in [9.17, 15) is 0 Å². The first-order valence-electron chi connectivity index (χ1n) is 7.39. The molecule has 1 atom stereocenters. The molecule has 0 bridgehead atoms. The van der Waals surface area contributed by atoms with Crippen molar-refractivity contribution in [3.05, 3.63) is 34.9 Å². The maximum Gasteiger partial charge on any atom is 0.0294 e. The molecule has 1 aromatic rings. The molecule has 1 nitrogen and oxygen atoms in total. The molecule has 0 aliphatic heterocycles. The smallest absolute Gasteiger partial charge is 0.0294 e. The fourth-order valence-electron chi connectivity index (χ4n) is 2.91. The summed E-state index contributed by atoms with van der Waals surface area (Å²) in [7, 11) is 0. The summed E-state index contributed by atoms with van der Waals surface area (Å²) in [6.45, 7) is 9.05. The molecule has 0 radical (unpaired) electrons. The molecule has 1 heteroatoms. The Kier molecular flexibility index (Phi) is 4.45. The first kappa shape index (κ1) is 13.6. The quantitative estimate of drug-likeness (QED) is 0.825. The Morgan fingerprint density at radius 2 is 1.72 bits per heavy atom. The van der Waals surface area contributed by atoms with Crippen molar-refractivity contribution >= 4 is 0 Å². The Labute approximate surface area is 112 Å². The average molecular weight is 245 g/mol. The number of hydrogen-bond donors (Lipinski definition) is 1. The Morgan fingerprint density at radius 3 is 2.33 bits per heavy atom. The second-order valence-corrected chi connectivity index (χ2v) is 6.19. The topological polar surface area (TPSA) is 12.0 Å². The molecule has 1 saturated carbocycles. The molecule has 1 fully saturated rings. The molecule has 1 aliphatic carbocycles. The molecule has 18 heavy (non-hydrogen) atoms. The van der Waals surface area contributed by atoms with Crippen LogP contribution in [0.15, 0.2) is 18.2 Å². The van der Waals surface area contributed by atoms with E-state index in [4.69, 9.17) is 0 Å². The van der Waals surface area contributed by atoms with Crippen LogP contribution in [-0.2, 0) is 0 Å². The molecule has 0 saturated heterocycles. The number of aryl methyl sites for hydroxylation is 2. The molecular weight excluding hydrogens is 218 g/mol. The van der Waals surface area contributed by atoms with Gasteiger partial charge in [0.05, 0.1) is 0 Å².